The van der Waals surface area contributed by atoms with E-state index in [9.17, 15) is 13.2 Å². The van der Waals surface area contributed by atoms with E-state index in [0.717, 1.165) is 11.1 Å². The summed E-state index contributed by atoms with van der Waals surface area (Å²) < 4.78 is 24.1. The molecule has 156 valence electrons. The first-order valence-corrected chi connectivity index (χ1v) is 12.1. The molecule has 0 bridgehead atoms. The van der Waals surface area contributed by atoms with E-state index < -0.39 is 9.84 Å². The molecule has 1 aliphatic rings. The van der Waals surface area contributed by atoms with Crippen LogP contribution in [0.3, 0.4) is 0 Å². The van der Waals surface area contributed by atoms with Crippen LogP contribution in [0.2, 0.25) is 10.0 Å². The van der Waals surface area contributed by atoms with Gasteiger partial charge in [-0.15, -0.1) is 0 Å². The van der Waals surface area contributed by atoms with Crippen LogP contribution in [0, 0.1) is 0 Å². The molecule has 0 unspecified atom stereocenters. The van der Waals surface area contributed by atoms with Crippen LogP contribution in [0.4, 0.5) is 0 Å². The maximum atomic E-state index is 13.3. The number of nitrogens with zero attached hydrogens (tertiary/aromatic N) is 1. The fourth-order valence-electron chi connectivity index (χ4n) is 3.50. The maximum absolute atomic E-state index is 13.3. The molecule has 1 aliphatic heterocycles. The summed E-state index contributed by atoms with van der Waals surface area (Å²) in [6.07, 6.45) is 0.430. The number of benzene rings is 2. The standard InChI is InChI=1S/C22H25Cl2NO3S/c1-22(2,3)17-7-4-15(5-8-17)21(26)25(19-10-11-29(27,28)14-19)13-16-6-9-18(23)12-20(16)24/h4-9,12,19H,10-11,13-14H2,1-3H3/t19-/m1/s1. The van der Waals surface area contributed by atoms with E-state index in [1.165, 1.54) is 0 Å². The van der Waals surface area contributed by atoms with Crippen LogP contribution in [0.1, 0.15) is 48.7 Å². The molecule has 7 heteroatoms. The number of halogens is 2. The highest BCUT2D eigenvalue weighted by atomic mass is 35.5. The quantitative estimate of drug-likeness (QED) is 0.645. The molecule has 1 fully saturated rings. The van der Waals surface area contributed by atoms with Gasteiger partial charge in [0, 0.05) is 28.2 Å². The highest BCUT2D eigenvalue weighted by Gasteiger charge is 2.35. The zero-order valence-electron chi connectivity index (χ0n) is 16.8. The average Bonchev–Trinajstić information content (AvgIpc) is 2.99. The SMILES string of the molecule is CC(C)(C)c1ccc(C(=O)N(Cc2ccc(Cl)cc2Cl)[C@@H]2CCS(=O)(=O)C2)cc1. The van der Waals surface area contributed by atoms with Crippen LogP contribution >= 0.6 is 23.2 Å². The Morgan fingerprint density at radius 1 is 1.10 bits per heavy atom. The van der Waals surface area contributed by atoms with Crippen LogP contribution in [0.5, 0.6) is 0 Å². The van der Waals surface area contributed by atoms with Gasteiger partial charge in [-0.3, -0.25) is 4.79 Å². The molecule has 2 aromatic carbocycles. The van der Waals surface area contributed by atoms with Crippen LogP contribution in [-0.4, -0.2) is 36.8 Å². The third kappa shape index (κ3) is 5.33. The van der Waals surface area contributed by atoms with Gasteiger partial charge in [0.15, 0.2) is 9.84 Å². The first-order chi connectivity index (χ1) is 13.5. The molecule has 1 atom stereocenters. The number of hydrogen-bond acceptors (Lipinski definition) is 3. The molecule has 0 aromatic heterocycles. The van der Waals surface area contributed by atoms with E-state index in [-0.39, 0.29) is 35.4 Å². The molecule has 1 amide bonds. The predicted molar refractivity (Wildman–Crippen MR) is 119 cm³/mol. The summed E-state index contributed by atoms with van der Waals surface area (Å²) >= 11 is 12.3. The first-order valence-electron chi connectivity index (χ1n) is 9.52. The topological polar surface area (TPSA) is 54.5 Å². The minimum Gasteiger partial charge on any atom is -0.330 e. The van der Waals surface area contributed by atoms with Gasteiger partial charge in [-0.2, -0.15) is 0 Å². The van der Waals surface area contributed by atoms with E-state index >= 15 is 0 Å². The summed E-state index contributed by atoms with van der Waals surface area (Å²) in [4.78, 5) is 15.0. The summed E-state index contributed by atoms with van der Waals surface area (Å²) in [6.45, 7) is 6.57. The summed E-state index contributed by atoms with van der Waals surface area (Å²) in [5, 5.41) is 0.970. The predicted octanol–water partition coefficient (Wildman–Crippen LogP) is 5.12. The van der Waals surface area contributed by atoms with Gasteiger partial charge in [0.1, 0.15) is 0 Å². The minimum atomic E-state index is -3.14. The fraction of sp³-hybridized carbons (Fsp3) is 0.409. The van der Waals surface area contributed by atoms with E-state index in [1.54, 1.807) is 23.1 Å². The first kappa shape index (κ1) is 22.1. The van der Waals surface area contributed by atoms with Crippen molar-refractivity contribution in [2.24, 2.45) is 0 Å². The van der Waals surface area contributed by atoms with Gasteiger partial charge < -0.3 is 4.90 Å². The summed E-state index contributed by atoms with van der Waals surface area (Å²) in [6, 6.07) is 12.3. The number of carbonyl (C=O) groups excluding carboxylic acids is 1. The van der Waals surface area contributed by atoms with E-state index in [4.69, 9.17) is 23.2 Å². The largest absolute Gasteiger partial charge is 0.330 e. The second-order valence-corrected chi connectivity index (χ2v) is 11.6. The van der Waals surface area contributed by atoms with Crippen molar-refractivity contribution in [3.05, 3.63) is 69.2 Å². The molecule has 0 N–H and O–H groups in total. The van der Waals surface area contributed by atoms with Crippen LogP contribution < -0.4 is 0 Å². The van der Waals surface area contributed by atoms with Gasteiger partial charge in [-0.1, -0.05) is 62.2 Å². The Hall–Kier alpha value is -1.56. The van der Waals surface area contributed by atoms with Gasteiger partial charge >= 0.3 is 0 Å². The Bertz CT molecular complexity index is 1010. The highest BCUT2D eigenvalue weighted by Crippen LogP contribution is 2.28. The van der Waals surface area contributed by atoms with Crippen LogP contribution in [0.25, 0.3) is 0 Å². The lowest BCUT2D eigenvalue weighted by atomic mass is 9.86. The summed E-state index contributed by atoms with van der Waals surface area (Å²) in [7, 11) is -3.14. The monoisotopic (exact) mass is 453 g/mol. The Labute approximate surface area is 182 Å². The molecule has 3 rings (SSSR count). The zero-order valence-corrected chi connectivity index (χ0v) is 19.1. The molecule has 0 radical (unpaired) electrons. The molecular formula is C22H25Cl2NO3S. The molecule has 2 aromatic rings. The number of sulfone groups is 1. The van der Waals surface area contributed by atoms with Crippen molar-refractivity contribution in [2.75, 3.05) is 11.5 Å². The minimum absolute atomic E-state index is 0.0162. The second kappa shape index (κ2) is 8.29. The maximum Gasteiger partial charge on any atom is 0.254 e. The number of hydrogen-bond donors (Lipinski definition) is 0. The highest BCUT2D eigenvalue weighted by molar-refractivity contribution is 7.91. The van der Waals surface area contributed by atoms with Gasteiger partial charge in [0.05, 0.1) is 11.5 Å². The second-order valence-electron chi connectivity index (χ2n) is 8.55. The third-order valence-electron chi connectivity index (χ3n) is 5.26. The number of rotatable bonds is 4. The Kier molecular flexibility index (Phi) is 6.32. The van der Waals surface area contributed by atoms with Gasteiger partial charge in [-0.05, 0) is 47.2 Å². The van der Waals surface area contributed by atoms with Crippen molar-refractivity contribution in [3.8, 4) is 0 Å². The van der Waals surface area contributed by atoms with Crippen molar-refractivity contribution in [1.82, 2.24) is 4.90 Å². The molecule has 29 heavy (non-hydrogen) atoms. The smallest absolute Gasteiger partial charge is 0.254 e. The number of carbonyl (C=O) groups is 1. The van der Waals surface area contributed by atoms with Crippen molar-refractivity contribution in [1.29, 1.82) is 0 Å². The summed E-state index contributed by atoms with van der Waals surface area (Å²) in [5.74, 6) is -0.124. The van der Waals surface area contributed by atoms with Gasteiger partial charge in [-0.25, -0.2) is 8.42 Å². The zero-order chi connectivity index (χ0) is 21.4. The van der Waals surface area contributed by atoms with Gasteiger partial charge in [0.25, 0.3) is 5.91 Å². The fourth-order valence-corrected chi connectivity index (χ4v) is 5.70. The van der Waals surface area contributed by atoms with Crippen molar-refractivity contribution >= 4 is 38.9 Å². The molecule has 1 saturated heterocycles. The molecular weight excluding hydrogens is 429 g/mol. The summed E-state index contributed by atoms with van der Waals surface area (Å²) in [5.41, 5.74) is 2.38. The Balaban J connectivity index is 1.92. The van der Waals surface area contributed by atoms with E-state index in [0.29, 0.717) is 22.0 Å². The van der Waals surface area contributed by atoms with Crippen molar-refractivity contribution in [3.63, 3.8) is 0 Å². The lowest BCUT2D eigenvalue weighted by molar-refractivity contribution is 0.0681. The average molecular weight is 454 g/mol. The van der Waals surface area contributed by atoms with E-state index in [2.05, 4.69) is 20.8 Å². The van der Waals surface area contributed by atoms with Crippen molar-refractivity contribution in [2.45, 2.75) is 45.2 Å². The Morgan fingerprint density at radius 3 is 2.28 bits per heavy atom. The third-order valence-corrected chi connectivity index (χ3v) is 7.60. The Morgan fingerprint density at radius 2 is 1.76 bits per heavy atom. The molecule has 0 aliphatic carbocycles. The van der Waals surface area contributed by atoms with Gasteiger partial charge in [0.2, 0.25) is 0 Å². The van der Waals surface area contributed by atoms with Crippen LogP contribution in [0.15, 0.2) is 42.5 Å². The number of amides is 1. The molecule has 4 nitrogen and oxygen atoms in total. The lowest BCUT2D eigenvalue weighted by Gasteiger charge is -2.29. The van der Waals surface area contributed by atoms with Crippen LogP contribution in [-0.2, 0) is 21.8 Å². The molecule has 1 heterocycles. The molecule has 0 saturated carbocycles. The van der Waals surface area contributed by atoms with E-state index in [1.807, 2.05) is 24.3 Å². The normalized spacial score (nSPS) is 18.6. The molecule has 0 spiro atoms. The lowest BCUT2D eigenvalue weighted by Crippen LogP contribution is -2.40. The van der Waals surface area contributed by atoms with Crippen molar-refractivity contribution < 1.29 is 13.2 Å².